The predicted octanol–water partition coefficient (Wildman–Crippen LogP) is 6.87. The normalized spacial score (nSPS) is 18.7. The molecule has 7 heteroatoms. The Kier molecular flexibility index (Phi) is 8.34. The van der Waals surface area contributed by atoms with Crippen LogP contribution < -0.4 is 10.2 Å². The van der Waals surface area contributed by atoms with Gasteiger partial charge in [0.05, 0.1) is 16.6 Å². The van der Waals surface area contributed by atoms with E-state index in [0.29, 0.717) is 19.4 Å². The quantitative estimate of drug-likeness (QED) is 0.337. The zero-order valence-corrected chi connectivity index (χ0v) is 23.5. The number of hydrogen-bond acceptors (Lipinski definition) is 4. The van der Waals surface area contributed by atoms with Crippen molar-refractivity contribution in [3.63, 3.8) is 0 Å². The third-order valence-electron chi connectivity index (χ3n) is 7.32. The van der Waals surface area contributed by atoms with Gasteiger partial charge in [-0.1, -0.05) is 62.7 Å². The molecule has 3 aromatic rings. The van der Waals surface area contributed by atoms with E-state index in [0.717, 1.165) is 22.5 Å². The highest BCUT2D eigenvalue weighted by Gasteiger charge is 2.40. The van der Waals surface area contributed by atoms with Crippen LogP contribution in [0.3, 0.4) is 0 Å². The van der Waals surface area contributed by atoms with Gasteiger partial charge in [0.1, 0.15) is 12.0 Å². The summed E-state index contributed by atoms with van der Waals surface area (Å²) in [6, 6.07) is 19.8. The number of amides is 1. The Balaban J connectivity index is 1.71. The van der Waals surface area contributed by atoms with E-state index in [1.54, 1.807) is 4.90 Å². The molecule has 5 nitrogen and oxygen atoms in total. The Morgan fingerprint density at radius 1 is 1.11 bits per heavy atom. The number of carbonyl (C=O) groups is 1. The summed E-state index contributed by atoms with van der Waals surface area (Å²) in [6.07, 6.45) is 0.438. The van der Waals surface area contributed by atoms with Crippen LogP contribution in [0.1, 0.15) is 61.1 Å². The van der Waals surface area contributed by atoms with Crippen LogP contribution in [0, 0.1) is 11.7 Å². The standard InChI is InChI=1S/C31H37ClFN3O2/c1-31(2,3)21-9-6-10-22(19-21)34-29(37)24-11-8-18-36(30(38)27-25(32)12-7-13-26(27)33)28(24)20-14-16-23(17-15-20)35(4)5/h6-7,9-10,12-17,19,24,28-29,34,37H,8,11,18H2,1-5H3. The SMILES string of the molecule is CN(C)c1ccc(C2C(C(O)Nc3cccc(C(C)(C)C)c3)CCCN2C(=O)c2c(F)cccc2Cl)cc1. The van der Waals surface area contributed by atoms with Crippen LogP contribution in [0.2, 0.25) is 5.02 Å². The lowest BCUT2D eigenvalue weighted by atomic mass is 9.82. The van der Waals surface area contributed by atoms with Crippen molar-refractivity contribution in [1.82, 2.24) is 4.90 Å². The Bertz CT molecular complexity index is 1250. The maximum atomic E-state index is 14.8. The number of aliphatic hydroxyl groups is 1. The van der Waals surface area contributed by atoms with Gasteiger partial charge in [-0.15, -0.1) is 0 Å². The first-order valence-electron chi connectivity index (χ1n) is 13.0. The van der Waals surface area contributed by atoms with Crippen LogP contribution in [-0.2, 0) is 5.41 Å². The van der Waals surface area contributed by atoms with E-state index in [2.05, 4.69) is 38.2 Å². The van der Waals surface area contributed by atoms with E-state index in [9.17, 15) is 14.3 Å². The molecule has 0 spiro atoms. The zero-order chi connectivity index (χ0) is 27.6. The van der Waals surface area contributed by atoms with Crippen molar-refractivity contribution in [3.8, 4) is 0 Å². The molecule has 202 valence electrons. The fourth-order valence-corrected chi connectivity index (χ4v) is 5.42. The molecule has 3 atom stereocenters. The summed E-state index contributed by atoms with van der Waals surface area (Å²) in [4.78, 5) is 17.4. The average Bonchev–Trinajstić information content (AvgIpc) is 2.87. The number of aliphatic hydroxyl groups excluding tert-OH is 1. The van der Waals surface area contributed by atoms with Gasteiger partial charge in [0, 0.05) is 37.9 Å². The number of hydrogen-bond donors (Lipinski definition) is 2. The number of nitrogens with zero attached hydrogens (tertiary/aromatic N) is 2. The summed E-state index contributed by atoms with van der Waals surface area (Å²) in [5.41, 5.74) is 3.70. The summed E-state index contributed by atoms with van der Waals surface area (Å²) >= 11 is 6.30. The number of likely N-dealkylation sites (tertiary alicyclic amines) is 1. The Labute approximate surface area is 230 Å². The molecule has 38 heavy (non-hydrogen) atoms. The van der Waals surface area contributed by atoms with Crippen molar-refractivity contribution in [2.45, 2.75) is 51.3 Å². The van der Waals surface area contributed by atoms with Gasteiger partial charge >= 0.3 is 0 Å². The van der Waals surface area contributed by atoms with Gasteiger partial charge < -0.3 is 20.2 Å². The molecule has 1 saturated heterocycles. The fraction of sp³-hybridized carbons (Fsp3) is 0.387. The second-order valence-corrected chi connectivity index (χ2v) is 11.7. The minimum Gasteiger partial charge on any atom is -0.378 e. The van der Waals surface area contributed by atoms with E-state index in [1.165, 1.54) is 18.2 Å². The molecule has 0 aliphatic carbocycles. The number of piperidine rings is 1. The molecular weight excluding hydrogens is 501 g/mol. The summed E-state index contributed by atoms with van der Waals surface area (Å²) < 4.78 is 14.8. The monoisotopic (exact) mass is 537 g/mol. The van der Waals surface area contributed by atoms with E-state index < -0.39 is 24.0 Å². The summed E-state index contributed by atoms with van der Waals surface area (Å²) in [6.45, 7) is 6.88. The van der Waals surface area contributed by atoms with Crippen LogP contribution in [0.4, 0.5) is 15.8 Å². The maximum absolute atomic E-state index is 14.8. The zero-order valence-electron chi connectivity index (χ0n) is 22.7. The summed E-state index contributed by atoms with van der Waals surface area (Å²) in [7, 11) is 3.93. The molecule has 2 N–H and O–H groups in total. The Morgan fingerprint density at radius 3 is 2.42 bits per heavy atom. The molecule has 0 radical (unpaired) electrons. The first-order chi connectivity index (χ1) is 18.0. The third kappa shape index (κ3) is 5.97. The molecule has 1 aliphatic heterocycles. The van der Waals surface area contributed by atoms with Crippen molar-refractivity contribution in [1.29, 1.82) is 0 Å². The predicted molar refractivity (Wildman–Crippen MR) is 153 cm³/mol. The molecule has 1 aliphatic rings. The molecule has 0 saturated carbocycles. The molecule has 3 aromatic carbocycles. The van der Waals surface area contributed by atoms with Crippen LogP contribution in [0.15, 0.2) is 66.7 Å². The van der Waals surface area contributed by atoms with Crippen molar-refractivity contribution >= 4 is 28.9 Å². The van der Waals surface area contributed by atoms with Crippen LogP contribution >= 0.6 is 11.6 Å². The third-order valence-corrected chi connectivity index (χ3v) is 7.63. The van der Waals surface area contributed by atoms with Gasteiger partial charge in [-0.2, -0.15) is 0 Å². The molecule has 1 fully saturated rings. The first kappa shape index (κ1) is 27.9. The van der Waals surface area contributed by atoms with Crippen molar-refractivity contribution in [2.75, 3.05) is 30.9 Å². The Morgan fingerprint density at radius 2 is 1.79 bits per heavy atom. The van der Waals surface area contributed by atoms with E-state index in [1.807, 2.05) is 55.4 Å². The van der Waals surface area contributed by atoms with E-state index in [-0.39, 0.29) is 21.9 Å². The highest BCUT2D eigenvalue weighted by molar-refractivity contribution is 6.33. The number of nitrogens with one attached hydrogen (secondary N) is 1. The number of halogens is 2. The second kappa shape index (κ2) is 11.3. The van der Waals surface area contributed by atoms with Gasteiger partial charge in [0.25, 0.3) is 5.91 Å². The number of benzene rings is 3. The number of carbonyl (C=O) groups excluding carboxylic acids is 1. The molecule has 0 bridgehead atoms. The van der Waals surface area contributed by atoms with Gasteiger partial charge in [-0.05, 0) is 65.8 Å². The van der Waals surface area contributed by atoms with Crippen LogP contribution in [-0.4, -0.2) is 42.8 Å². The number of anilines is 2. The Hall–Kier alpha value is -3.09. The topological polar surface area (TPSA) is 55.8 Å². The number of rotatable bonds is 6. The van der Waals surface area contributed by atoms with E-state index in [4.69, 9.17) is 11.6 Å². The minimum absolute atomic E-state index is 0.0353. The molecule has 1 amide bonds. The van der Waals surface area contributed by atoms with Crippen molar-refractivity contribution in [3.05, 3.63) is 94.3 Å². The van der Waals surface area contributed by atoms with Gasteiger partial charge in [0.15, 0.2) is 0 Å². The van der Waals surface area contributed by atoms with E-state index >= 15 is 0 Å². The van der Waals surface area contributed by atoms with Gasteiger partial charge in [-0.3, -0.25) is 4.79 Å². The molecular formula is C31H37ClFN3O2. The van der Waals surface area contributed by atoms with Crippen LogP contribution in [0.25, 0.3) is 0 Å². The van der Waals surface area contributed by atoms with Crippen molar-refractivity contribution in [2.24, 2.45) is 5.92 Å². The largest absolute Gasteiger partial charge is 0.378 e. The molecule has 4 rings (SSSR count). The minimum atomic E-state index is -0.935. The van der Waals surface area contributed by atoms with Gasteiger partial charge in [-0.25, -0.2) is 4.39 Å². The highest BCUT2D eigenvalue weighted by atomic mass is 35.5. The molecule has 1 heterocycles. The average molecular weight is 538 g/mol. The molecule has 3 unspecified atom stereocenters. The summed E-state index contributed by atoms with van der Waals surface area (Å²) in [5, 5.41) is 14.9. The smallest absolute Gasteiger partial charge is 0.258 e. The second-order valence-electron chi connectivity index (χ2n) is 11.3. The fourth-order valence-electron chi connectivity index (χ4n) is 5.18. The lowest BCUT2D eigenvalue weighted by molar-refractivity contribution is 0.0158. The first-order valence-corrected chi connectivity index (χ1v) is 13.4. The molecule has 0 aromatic heterocycles. The lowest BCUT2D eigenvalue weighted by Crippen LogP contribution is -2.48. The van der Waals surface area contributed by atoms with Gasteiger partial charge in [0.2, 0.25) is 0 Å². The lowest BCUT2D eigenvalue weighted by Gasteiger charge is -2.44. The summed E-state index contributed by atoms with van der Waals surface area (Å²) in [5.74, 6) is -1.45. The van der Waals surface area contributed by atoms with Crippen molar-refractivity contribution < 1.29 is 14.3 Å². The maximum Gasteiger partial charge on any atom is 0.258 e. The van der Waals surface area contributed by atoms with Crippen LogP contribution in [0.5, 0.6) is 0 Å². The highest BCUT2D eigenvalue weighted by Crippen LogP contribution is 2.40.